The first-order chi connectivity index (χ1) is 9.82. The third-order valence-corrected chi connectivity index (χ3v) is 4.56. The quantitative estimate of drug-likeness (QED) is 0.683. The van der Waals surface area contributed by atoms with E-state index in [4.69, 9.17) is 0 Å². The number of likely N-dealkylation sites (N-methyl/N-ethyl adjacent to an activating group) is 1. The maximum Gasteiger partial charge on any atom is 0.242 e. The number of benzene rings is 1. The van der Waals surface area contributed by atoms with Gasteiger partial charge >= 0.3 is 0 Å². The van der Waals surface area contributed by atoms with Crippen LogP contribution in [0.15, 0.2) is 23.1 Å². The molecule has 0 atom stereocenters. The predicted molar refractivity (Wildman–Crippen MR) is 84.0 cm³/mol. The zero-order valence-electron chi connectivity index (χ0n) is 12.7. The van der Waals surface area contributed by atoms with Crippen molar-refractivity contribution in [3.8, 4) is 0 Å². The van der Waals surface area contributed by atoms with E-state index in [0.717, 1.165) is 4.31 Å². The van der Waals surface area contributed by atoms with Crippen LogP contribution in [-0.4, -0.2) is 52.9 Å². The Balaban J connectivity index is 3.20. The summed E-state index contributed by atoms with van der Waals surface area (Å²) in [6.45, 7) is 2.73. The largest absolute Gasteiger partial charge is 0.384 e. The van der Waals surface area contributed by atoms with Crippen molar-refractivity contribution in [3.63, 3.8) is 0 Å². The Bertz CT molecular complexity index is 599. The maximum absolute atomic E-state index is 12.1. The van der Waals surface area contributed by atoms with E-state index in [9.17, 15) is 13.2 Å². The summed E-state index contributed by atoms with van der Waals surface area (Å²) in [6.07, 6.45) is 0. The standard InChI is InChI=1S/C13H22N4O3S/c1-5-15-11-7-6-10(21(19,20)17(3)4)8-12(11)16-13(18)9-14-2/h6-8,14-15H,5,9H2,1-4H3,(H,16,18). The molecule has 3 N–H and O–H groups in total. The Morgan fingerprint density at radius 3 is 2.43 bits per heavy atom. The van der Waals surface area contributed by atoms with E-state index in [1.54, 1.807) is 13.1 Å². The number of hydrogen-bond acceptors (Lipinski definition) is 5. The molecule has 1 rings (SSSR count). The van der Waals surface area contributed by atoms with Gasteiger partial charge < -0.3 is 16.0 Å². The normalized spacial score (nSPS) is 11.5. The second-order valence-electron chi connectivity index (χ2n) is 4.60. The van der Waals surface area contributed by atoms with Gasteiger partial charge in [0.1, 0.15) is 0 Å². The summed E-state index contributed by atoms with van der Waals surface area (Å²) in [4.78, 5) is 11.8. The molecule has 0 saturated carbocycles. The highest BCUT2D eigenvalue weighted by Gasteiger charge is 2.19. The average molecular weight is 314 g/mol. The predicted octanol–water partition coefficient (Wildman–Crippen LogP) is 0.527. The number of nitrogens with zero attached hydrogens (tertiary/aromatic N) is 1. The summed E-state index contributed by atoms with van der Waals surface area (Å²) in [7, 11) is 1.05. The van der Waals surface area contributed by atoms with Crippen LogP contribution in [0, 0.1) is 0 Å². The minimum Gasteiger partial charge on any atom is -0.384 e. The molecule has 0 bridgehead atoms. The number of carbonyl (C=O) groups is 1. The first-order valence-corrected chi connectivity index (χ1v) is 8.01. The molecule has 0 saturated heterocycles. The van der Waals surface area contributed by atoms with Crippen molar-refractivity contribution in [2.75, 3.05) is 44.9 Å². The van der Waals surface area contributed by atoms with E-state index in [0.29, 0.717) is 17.9 Å². The fraction of sp³-hybridized carbons (Fsp3) is 0.462. The minimum atomic E-state index is -3.54. The van der Waals surface area contributed by atoms with Crippen LogP contribution in [-0.2, 0) is 14.8 Å². The van der Waals surface area contributed by atoms with E-state index in [-0.39, 0.29) is 17.3 Å². The van der Waals surface area contributed by atoms with Crippen LogP contribution < -0.4 is 16.0 Å². The van der Waals surface area contributed by atoms with Crippen molar-refractivity contribution in [2.45, 2.75) is 11.8 Å². The highest BCUT2D eigenvalue weighted by atomic mass is 32.2. The highest BCUT2D eigenvalue weighted by Crippen LogP contribution is 2.26. The van der Waals surface area contributed by atoms with Gasteiger partial charge in [0.25, 0.3) is 0 Å². The molecule has 0 aliphatic rings. The molecule has 0 aliphatic heterocycles. The number of hydrogen-bond donors (Lipinski definition) is 3. The number of sulfonamides is 1. The van der Waals surface area contributed by atoms with Crippen LogP contribution in [0.3, 0.4) is 0 Å². The zero-order chi connectivity index (χ0) is 16.0. The maximum atomic E-state index is 12.1. The van der Waals surface area contributed by atoms with E-state index in [1.807, 2.05) is 6.92 Å². The molecule has 0 aliphatic carbocycles. The molecule has 1 amide bonds. The topological polar surface area (TPSA) is 90.5 Å². The number of rotatable bonds is 7. The SMILES string of the molecule is CCNc1ccc(S(=O)(=O)N(C)C)cc1NC(=O)CNC. The van der Waals surface area contributed by atoms with Crippen LogP contribution in [0.4, 0.5) is 11.4 Å². The third-order valence-electron chi connectivity index (χ3n) is 2.75. The van der Waals surface area contributed by atoms with Gasteiger partial charge in [0.15, 0.2) is 0 Å². The first kappa shape index (κ1) is 17.4. The van der Waals surface area contributed by atoms with Gasteiger partial charge in [-0.25, -0.2) is 12.7 Å². The van der Waals surface area contributed by atoms with Crippen LogP contribution in [0.5, 0.6) is 0 Å². The summed E-state index contributed by atoms with van der Waals surface area (Å²) in [6, 6.07) is 4.62. The first-order valence-electron chi connectivity index (χ1n) is 6.57. The molecule has 0 heterocycles. The molecule has 118 valence electrons. The summed E-state index contributed by atoms with van der Waals surface area (Å²) < 4.78 is 25.4. The van der Waals surface area contributed by atoms with Gasteiger partial charge in [-0.3, -0.25) is 4.79 Å². The molecular formula is C13H22N4O3S. The summed E-state index contributed by atoms with van der Waals surface area (Å²) >= 11 is 0. The second kappa shape index (κ2) is 7.39. The van der Waals surface area contributed by atoms with Crippen molar-refractivity contribution in [1.82, 2.24) is 9.62 Å². The lowest BCUT2D eigenvalue weighted by Gasteiger charge is -2.16. The summed E-state index contributed by atoms with van der Waals surface area (Å²) in [5.41, 5.74) is 1.12. The van der Waals surface area contributed by atoms with E-state index >= 15 is 0 Å². The molecular weight excluding hydrogens is 292 g/mol. The van der Waals surface area contributed by atoms with Gasteiger partial charge in [0, 0.05) is 20.6 Å². The van der Waals surface area contributed by atoms with Gasteiger partial charge in [-0.15, -0.1) is 0 Å². The Hall–Kier alpha value is -1.64. The Morgan fingerprint density at radius 1 is 1.24 bits per heavy atom. The lowest BCUT2D eigenvalue weighted by atomic mass is 10.2. The van der Waals surface area contributed by atoms with Crippen LogP contribution in [0.25, 0.3) is 0 Å². The van der Waals surface area contributed by atoms with Gasteiger partial charge in [0.2, 0.25) is 15.9 Å². The molecule has 0 radical (unpaired) electrons. The molecule has 21 heavy (non-hydrogen) atoms. The number of carbonyl (C=O) groups excluding carboxylic acids is 1. The summed E-state index contributed by atoms with van der Waals surface area (Å²) in [5, 5.41) is 8.53. The van der Waals surface area contributed by atoms with Gasteiger partial charge in [-0.1, -0.05) is 0 Å². The molecule has 0 spiro atoms. The number of nitrogens with one attached hydrogen (secondary N) is 3. The molecule has 1 aromatic rings. The van der Waals surface area contributed by atoms with Crippen LogP contribution >= 0.6 is 0 Å². The van der Waals surface area contributed by atoms with Gasteiger partial charge in [-0.2, -0.15) is 0 Å². The summed E-state index contributed by atoms with van der Waals surface area (Å²) in [5.74, 6) is -0.240. The van der Waals surface area contributed by atoms with Crippen molar-refractivity contribution < 1.29 is 13.2 Å². The molecule has 1 aromatic carbocycles. The van der Waals surface area contributed by atoms with Gasteiger partial charge in [-0.05, 0) is 32.2 Å². The minimum absolute atomic E-state index is 0.133. The fourth-order valence-electron chi connectivity index (χ4n) is 1.70. The smallest absolute Gasteiger partial charge is 0.242 e. The number of anilines is 2. The van der Waals surface area contributed by atoms with E-state index in [1.165, 1.54) is 26.2 Å². The van der Waals surface area contributed by atoms with Crippen LogP contribution in [0.2, 0.25) is 0 Å². The lowest BCUT2D eigenvalue weighted by molar-refractivity contribution is -0.115. The van der Waals surface area contributed by atoms with Crippen LogP contribution in [0.1, 0.15) is 6.92 Å². The van der Waals surface area contributed by atoms with Crippen molar-refractivity contribution in [2.24, 2.45) is 0 Å². The fourth-order valence-corrected chi connectivity index (χ4v) is 2.63. The lowest BCUT2D eigenvalue weighted by Crippen LogP contribution is -2.26. The van der Waals surface area contributed by atoms with Gasteiger partial charge in [0.05, 0.1) is 22.8 Å². The van der Waals surface area contributed by atoms with E-state index in [2.05, 4.69) is 16.0 Å². The molecule has 0 aromatic heterocycles. The third kappa shape index (κ3) is 4.42. The number of amides is 1. The van der Waals surface area contributed by atoms with Crippen molar-refractivity contribution >= 4 is 27.3 Å². The Kier molecular flexibility index (Phi) is 6.13. The molecule has 0 fully saturated rings. The second-order valence-corrected chi connectivity index (χ2v) is 6.76. The molecule has 7 nitrogen and oxygen atoms in total. The Morgan fingerprint density at radius 2 is 1.90 bits per heavy atom. The van der Waals surface area contributed by atoms with E-state index < -0.39 is 10.0 Å². The molecule has 0 unspecified atom stereocenters. The highest BCUT2D eigenvalue weighted by molar-refractivity contribution is 7.89. The van der Waals surface area contributed by atoms with Crippen molar-refractivity contribution in [3.05, 3.63) is 18.2 Å². The van der Waals surface area contributed by atoms with Crippen molar-refractivity contribution in [1.29, 1.82) is 0 Å². The average Bonchev–Trinajstić information content (AvgIpc) is 2.40. The molecule has 8 heteroatoms. The Labute approximate surface area is 125 Å². The zero-order valence-corrected chi connectivity index (χ0v) is 13.5. The monoisotopic (exact) mass is 314 g/mol.